The molecule has 0 unspecified atom stereocenters. The van der Waals surface area contributed by atoms with Crippen molar-refractivity contribution in [2.45, 2.75) is 45.2 Å². The Balaban J connectivity index is 2.08. The summed E-state index contributed by atoms with van der Waals surface area (Å²) >= 11 is 1.41. The van der Waals surface area contributed by atoms with Crippen LogP contribution in [-0.4, -0.2) is 31.6 Å². The molecule has 0 atom stereocenters. The molecule has 1 aliphatic rings. The number of rotatable bonds is 4. The molecule has 0 saturated heterocycles. The molecule has 6 nitrogen and oxygen atoms in total. The highest BCUT2D eigenvalue weighted by Gasteiger charge is 2.42. The first-order valence-electron chi connectivity index (χ1n) is 9.08. The summed E-state index contributed by atoms with van der Waals surface area (Å²) < 4.78 is 10.3. The highest BCUT2D eigenvalue weighted by Crippen LogP contribution is 2.45. The van der Waals surface area contributed by atoms with E-state index in [2.05, 4.69) is 38.3 Å². The number of para-hydroxylation sites is 1. The summed E-state index contributed by atoms with van der Waals surface area (Å²) in [6.07, 6.45) is 0.664. The van der Waals surface area contributed by atoms with Crippen LogP contribution < -0.4 is 15.4 Å². The number of esters is 1. The van der Waals surface area contributed by atoms with E-state index in [4.69, 9.17) is 9.47 Å². The van der Waals surface area contributed by atoms with Gasteiger partial charge in [0.05, 0.1) is 25.3 Å². The molecular weight excluding hydrogens is 376 g/mol. The van der Waals surface area contributed by atoms with Crippen LogP contribution in [0.15, 0.2) is 24.3 Å². The van der Waals surface area contributed by atoms with Crippen LogP contribution in [0.3, 0.4) is 0 Å². The average molecular weight is 403 g/mol. The van der Waals surface area contributed by atoms with Crippen molar-refractivity contribution in [3.05, 3.63) is 45.8 Å². The third kappa shape index (κ3) is 3.64. The molecule has 2 N–H and O–H groups in total. The highest BCUT2D eigenvalue weighted by atomic mass is 32.1. The molecule has 0 spiro atoms. The molecule has 1 aromatic heterocycles. The van der Waals surface area contributed by atoms with E-state index in [1.54, 1.807) is 24.3 Å². The number of amides is 1. The second kappa shape index (κ2) is 7.22. The average Bonchev–Trinajstić information content (AvgIpc) is 2.97. The molecule has 0 radical (unpaired) electrons. The molecule has 28 heavy (non-hydrogen) atoms. The summed E-state index contributed by atoms with van der Waals surface area (Å²) in [6, 6.07) is 6.99. The first kappa shape index (κ1) is 20.4. The molecule has 3 rings (SSSR count). The van der Waals surface area contributed by atoms with E-state index in [0.717, 1.165) is 10.4 Å². The predicted octanol–water partition coefficient (Wildman–Crippen LogP) is 3.96. The molecule has 2 aromatic rings. The monoisotopic (exact) mass is 402 g/mol. The van der Waals surface area contributed by atoms with Gasteiger partial charge in [0.25, 0.3) is 5.91 Å². The van der Waals surface area contributed by atoms with Gasteiger partial charge in [0.2, 0.25) is 0 Å². The Bertz CT molecular complexity index is 930. The van der Waals surface area contributed by atoms with Gasteiger partial charge < -0.3 is 20.1 Å². The van der Waals surface area contributed by atoms with Crippen LogP contribution in [0.5, 0.6) is 5.75 Å². The zero-order valence-corrected chi connectivity index (χ0v) is 17.9. The fraction of sp³-hybridized carbons (Fsp3) is 0.429. The van der Waals surface area contributed by atoms with Crippen molar-refractivity contribution in [3.63, 3.8) is 0 Å². The van der Waals surface area contributed by atoms with Gasteiger partial charge in [-0.2, -0.15) is 0 Å². The van der Waals surface area contributed by atoms with Gasteiger partial charge >= 0.3 is 5.97 Å². The second-order valence-corrected chi connectivity index (χ2v) is 9.09. The standard InChI is InChI=1S/C21H26N2O4S/c1-20(2)11-13-15(19(25)27-6)18(28-16(13)21(3,4)23-20)22-17(24)12-9-7-8-10-14(12)26-5/h7-10,23H,11H2,1-6H3,(H,22,24). The van der Waals surface area contributed by atoms with Crippen LogP contribution in [0.25, 0.3) is 0 Å². The number of thiophene rings is 1. The van der Waals surface area contributed by atoms with E-state index in [1.807, 2.05) is 0 Å². The summed E-state index contributed by atoms with van der Waals surface area (Å²) in [5, 5.41) is 7.02. The lowest BCUT2D eigenvalue weighted by molar-refractivity contribution is 0.0600. The zero-order chi connectivity index (χ0) is 20.7. The summed E-state index contributed by atoms with van der Waals surface area (Å²) in [4.78, 5) is 26.6. The number of methoxy groups -OCH3 is 2. The Morgan fingerprint density at radius 3 is 2.46 bits per heavy atom. The third-order valence-electron chi connectivity index (χ3n) is 4.81. The highest BCUT2D eigenvalue weighted by molar-refractivity contribution is 7.17. The number of nitrogens with one attached hydrogen (secondary N) is 2. The number of fused-ring (bicyclic) bond motifs is 1. The van der Waals surface area contributed by atoms with Gasteiger partial charge in [-0.1, -0.05) is 12.1 Å². The smallest absolute Gasteiger partial charge is 0.341 e. The van der Waals surface area contributed by atoms with E-state index in [1.165, 1.54) is 25.6 Å². The Hall–Kier alpha value is -2.38. The Morgan fingerprint density at radius 2 is 1.82 bits per heavy atom. The van der Waals surface area contributed by atoms with Crippen LogP contribution >= 0.6 is 11.3 Å². The topological polar surface area (TPSA) is 76.7 Å². The number of hydrogen-bond donors (Lipinski definition) is 2. The van der Waals surface area contributed by atoms with Gasteiger partial charge in [-0.15, -0.1) is 11.3 Å². The normalized spacial score (nSPS) is 16.8. The molecule has 0 bridgehead atoms. The predicted molar refractivity (Wildman–Crippen MR) is 111 cm³/mol. The van der Waals surface area contributed by atoms with E-state index >= 15 is 0 Å². The van der Waals surface area contributed by atoms with Crippen molar-refractivity contribution in [1.82, 2.24) is 5.32 Å². The Kier molecular flexibility index (Phi) is 5.25. The van der Waals surface area contributed by atoms with Gasteiger partial charge in [0.1, 0.15) is 10.8 Å². The molecule has 0 fully saturated rings. The number of benzene rings is 1. The quantitative estimate of drug-likeness (QED) is 0.757. The van der Waals surface area contributed by atoms with E-state index in [-0.39, 0.29) is 17.0 Å². The largest absolute Gasteiger partial charge is 0.496 e. The fourth-order valence-electron chi connectivity index (χ4n) is 3.94. The van der Waals surface area contributed by atoms with Crippen LogP contribution in [0.2, 0.25) is 0 Å². The lowest BCUT2D eigenvalue weighted by Gasteiger charge is -2.42. The summed E-state index contributed by atoms with van der Waals surface area (Å²) in [5.74, 6) is -0.295. The molecule has 7 heteroatoms. The van der Waals surface area contributed by atoms with Gasteiger partial charge in [-0.25, -0.2) is 4.79 Å². The van der Waals surface area contributed by atoms with Crippen LogP contribution in [0.4, 0.5) is 5.00 Å². The van der Waals surface area contributed by atoms with Crippen LogP contribution in [0, 0.1) is 0 Å². The summed E-state index contributed by atoms with van der Waals surface area (Å²) in [5.41, 5.74) is 1.25. The lowest BCUT2D eigenvalue weighted by Crippen LogP contribution is -2.55. The van der Waals surface area contributed by atoms with Crippen molar-refractivity contribution in [3.8, 4) is 5.75 Å². The maximum absolute atomic E-state index is 12.9. The van der Waals surface area contributed by atoms with Crippen molar-refractivity contribution < 1.29 is 19.1 Å². The van der Waals surface area contributed by atoms with Gasteiger partial charge in [0, 0.05) is 16.0 Å². The SMILES string of the molecule is COC(=O)c1c(NC(=O)c2ccccc2OC)sc2c1CC(C)(C)NC2(C)C. The minimum absolute atomic E-state index is 0.190. The van der Waals surface area contributed by atoms with Crippen LogP contribution in [0.1, 0.15) is 58.9 Å². The minimum Gasteiger partial charge on any atom is -0.496 e. The third-order valence-corrected chi connectivity index (χ3v) is 6.28. The van der Waals surface area contributed by atoms with E-state index < -0.39 is 5.97 Å². The number of hydrogen-bond acceptors (Lipinski definition) is 6. The minimum atomic E-state index is -0.443. The first-order valence-corrected chi connectivity index (χ1v) is 9.89. The molecule has 1 aromatic carbocycles. The molecule has 0 saturated carbocycles. The van der Waals surface area contributed by atoms with Crippen LogP contribution in [-0.2, 0) is 16.7 Å². The number of carbonyl (C=O) groups excluding carboxylic acids is 2. The van der Waals surface area contributed by atoms with Crippen molar-refractivity contribution in [2.75, 3.05) is 19.5 Å². The molecule has 1 aliphatic heterocycles. The number of carbonyl (C=O) groups is 2. The molecule has 2 heterocycles. The Labute approximate surface area is 169 Å². The van der Waals surface area contributed by atoms with Gasteiger partial charge in [-0.05, 0) is 51.8 Å². The maximum atomic E-state index is 12.9. The number of ether oxygens (including phenoxy) is 2. The first-order chi connectivity index (χ1) is 13.1. The van der Waals surface area contributed by atoms with Crippen molar-refractivity contribution in [2.24, 2.45) is 0 Å². The molecule has 0 aliphatic carbocycles. The number of anilines is 1. The Morgan fingerprint density at radius 1 is 1.14 bits per heavy atom. The van der Waals surface area contributed by atoms with E-state index in [0.29, 0.717) is 28.3 Å². The summed E-state index contributed by atoms with van der Waals surface area (Å²) in [6.45, 7) is 8.36. The van der Waals surface area contributed by atoms with Crippen molar-refractivity contribution >= 4 is 28.2 Å². The molecular formula is C21H26N2O4S. The molecule has 1 amide bonds. The van der Waals surface area contributed by atoms with E-state index in [9.17, 15) is 9.59 Å². The van der Waals surface area contributed by atoms with Crippen molar-refractivity contribution in [1.29, 1.82) is 0 Å². The second-order valence-electron chi connectivity index (χ2n) is 8.07. The van der Waals surface area contributed by atoms with Gasteiger partial charge in [0.15, 0.2) is 0 Å². The lowest BCUT2D eigenvalue weighted by atomic mass is 9.81. The zero-order valence-electron chi connectivity index (χ0n) is 17.1. The van der Waals surface area contributed by atoms with Gasteiger partial charge in [-0.3, -0.25) is 4.79 Å². The summed E-state index contributed by atoms with van der Waals surface area (Å²) in [7, 11) is 2.88. The molecule has 150 valence electrons. The fourth-order valence-corrected chi connectivity index (χ4v) is 5.20. The maximum Gasteiger partial charge on any atom is 0.341 e.